The molecule has 7 nitrogen and oxygen atoms in total. The number of aryl methyl sites for hydroxylation is 1. The number of thiazole rings is 2. The average Bonchev–Trinajstić information content (AvgIpc) is 3.31. The number of hydrogen-bond acceptors (Lipinski definition) is 9. The first-order valence-corrected chi connectivity index (χ1v) is 10.9. The molecule has 4 aromatic rings. The van der Waals surface area contributed by atoms with E-state index >= 15 is 0 Å². The minimum absolute atomic E-state index is 0.0148. The molecule has 0 atom stereocenters. The largest absolute Gasteiger partial charge is 0.455 e. The molecule has 0 saturated carbocycles. The van der Waals surface area contributed by atoms with Crippen molar-refractivity contribution < 1.29 is 14.5 Å². The molecule has 29 heavy (non-hydrogen) atoms. The van der Waals surface area contributed by atoms with Crippen molar-refractivity contribution in [3.05, 3.63) is 74.2 Å². The van der Waals surface area contributed by atoms with Crippen LogP contribution in [0.4, 0.5) is 5.69 Å². The van der Waals surface area contributed by atoms with Crippen molar-refractivity contribution in [2.75, 3.05) is 0 Å². The van der Waals surface area contributed by atoms with Gasteiger partial charge in [-0.3, -0.25) is 10.1 Å². The van der Waals surface area contributed by atoms with Crippen LogP contribution in [-0.4, -0.2) is 20.9 Å². The maximum absolute atomic E-state index is 12.4. The van der Waals surface area contributed by atoms with E-state index in [0.29, 0.717) is 14.2 Å². The van der Waals surface area contributed by atoms with Gasteiger partial charge in [0.15, 0.2) is 4.34 Å². The second-order valence-electron chi connectivity index (χ2n) is 5.95. The van der Waals surface area contributed by atoms with Crippen LogP contribution in [0.1, 0.15) is 21.1 Å². The lowest BCUT2D eigenvalue weighted by molar-refractivity contribution is -0.387. The third-order valence-corrected chi connectivity index (χ3v) is 6.98. The fourth-order valence-corrected chi connectivity index (χ4v) is 5.30. The average molecular weight is 444 g/mol. The van der Waals surface area contributed by atoms with Crippen molar-refractivity contribution in [1.82, 2.24) is 9.97 Å². The number of nitrogens with zero attached hydrogens (tertiary/aromatic N) is 3. The Hall–Kier alpha value is -2.82. The molecule has 0 amide bonds. The number of esters is 1. The minimum atomic E-state index is -0.631. The Morgan fingerprint density at radius 1 is 1.24 bits per heavy atom. The van der Waals surface area contributed by atoms with Gasteiger partial charge in [0.2, 0.25) is 0 Å². The quantitative estimate of drug-likeness (QED) is 0.221. The highest BCUT2D eigenvalue weighted by molar-refractivity contribution is 8.01. The number of carbonyl (C=O) groups excluding carboxylic acids is 1. The van der Waals surface area contributed by atoms with Crippen LogP contribution in [0.3, 0.4) is 0 Å². The Balaban J connectivity index is 1.50. The highest BCUT2D eigenvalue weighted by atomic mass is 32.2. The van der Waals surface area contributed by atoms with Gasteiger partial charge in [0.05, 0.1) is 25.6 Å². The summed E-state index contributed by atoms with van der Waals surface area (Å²) >= 11 is 4.06. The summed E-state index contributed by atoms with van der Waals surface area (Å²) in [5, 5.41) is 14.0. The fourth-order valence-electron chi connectivity index (χ4n) is 2.54. The lowest BCUT2D eigenvalue weighted by Crippen LogP contribution is -2.06. The van der Waals surface area contributed by atoms with Crippen LogP contribution in [0, 0.1) is 17.0 Å². The van der Waals surface area contributed by atoms with Crippen molar-refractivity contribution in [2.45, 2.75) is 22.8 Å². The number of ether oxygens (including phenoxy) is 1. The molecular weight excluding hydrogens is 430 g/mol. The van der Waals surface area contributed by atoms with E-state index in [9.17, 15) is 14.9 Å². The monoisotopic (exact) mass is 443 g/mol. The van der Waals surface area contributed by atoms with Gasteiger partial charge >= 0.3 is 5.97 Å². The number of fused-ring (bicyclic) bond motifs is 1. The highest BCUT2D eigenvalue weighted by Crippen LogP contribution is 2.37. The van der Waals surface area contributed by atoms with E-state index in [-0.39, 0.29) is 17.9 Å². The summed E-state index contributed by atoms with van der Waals surface area (Å²) in [5.74, 6) is -0.631. The van der Waals surface area contributed by atoms with Gasteiger partial charge in [-0.25, -0.2) is 14.8 Å². The first-order valence-electron chi connectivity index (χ1n) is 8.39. The first kappa shape index (κ1) is 19.5. The summed E-state index contributed by atoms with van der Waals surface area (Å²) < 4.78 is 7.02. The molecular formula is C19H13N3O4S3. The predicted molar refractivity (Wildman–Crippen MR) is 113 cm³/mol. The third kappa shape index (κ3) is 4.44. The predicted octanol–water partition coefficient (Wildman–Crippen LogP) is 5.48. The number of hydrogen-bond donors (Lipinski definition) is 0. The van der Waals surface area contributed by atoms with Crippen LogP contribution in [0.25, 0.3) is 10.2 Å². The summed E-state index contributed by atoms with van der Waals surface area (Å²) in [4.78, 5) is 32.5. The molecule has 0 aliphatic rings. The maximum Gasteiger partial charge on any atom is 0.338 e. The third-order valence-electron chi connectivity index (χ3n) is 3.85. The Morgan fingerprint density at radius 3 is 2.79 bits per heavy atom. The van der Waals surface area contributed by atoms with Gasteiger partial charge in [-0.15, -0.1) is 22.7 Å². The zero-order valence-corrected chi connectivity index (χ0v) is 17.5. The summed E-state index contributed by atoms with van der Waals surface area (Å²) in [6.07, 6.45) is 0. The van der Waals surface area contributed by atoms with Crippen LogP contribution < -0.4 is 0 Å². The zero-order chi connectivity index (χ0) is 20.4. The topological polar surface area (TPSA) is 95.2 Å². The molecule has 0 radical (unpaired) electrons. The number of benzene rings is 2. The minimum Gasteiger partial charge on any atom is -0.455 e. The Morgan fingerprint density at radius 2 is 2.07 bits per heavy atom. The summed E-state index contributed by atoms with van der Waals surface area (Å²) in [7, 11) is 0. The van der Waals surface area contributed by atoms with Crippen molar-refractivity contribution >= 4 is 56.3 Å². The maximum atomic E-state index is 12.4. The fraction of sp³-hybridized carbons (Fsp3) is 0.105. The van der Waals surface area contributed by atoms with Gasteiger partial charge in [0.1, 0.15) is 11.6 Å². The zero-order valence-electron chi connectivity index (χ0n) is 15.0. The molecule has 2 heterocycles. The molecule has 0 spiro atoms. The van der Waals surface area contributed by atoms with E-state index in [1.807, 2.05) is 36.6 Å². The molecule has 0 bridgehead atoms. The van der Waals surface area contributed by atoms with Gasteiger partial charge < -0.3 is 4.74 Å². The normalized spacial score (nSPS) is 10.9. The summed E-state index contributed by atoms with van der Waals surface area (Å²) in [6, 6.07) is 12.0. The van der Waals surface area contributed by atoms with Crippen LogP contribution >= 0.6 is 34.4 Å². The number of nitro benzene ring substituents is 1. The number of para-hydroxylation sites is 1. The SMILES string of the molecule is Cc1csc(Sc2ccc(C(=O)OCc3nc4ccccc4s3)cc2[N+](=O)[O-])n1. The van der Waals surface area contributed by atoms with E-state index in [4.69, 9.17) is 4.74 Å². The second-order valence-corrected chi connectivity index (χ2v) is 9.21. The molecule has 0 aliphatic carbocycles. The number of aromatic nitrogens is 2. The summed E-state index contributed by atoms with van der Waals surface area (Å²) in [6.45, 7) is 1.88. The summed E-state index contributed by atoms with van der Waals surface area (Å²) in [5.41, 5.74) is 1.67. The molecule has 0 saturated heterocycles. The van der Waals surface area contributed by atoms with Gasteiger partial charge in [-0.2, -0.15) is 0 Å². The molecule has 0 fully saturated rings. The van der Waals surface area contributed by atoms with E-state index in [2.05, 4.69) is 9.97 Å². The highest BCUT2D eigenvalue weighted by Gasteiger charge is 2.20. The van der Waals surface area contributed by atoms with E-state index < -0.39 is 10.9 Å². The Labute approximate surface area is 177 Å². The van der Waals surface area contributed by atoms with Crippen LogP contribution in [0.5, 0.6) is 0 Å². The molecule has 2 aromatic heterocycles. The van der Waals surface area contributed by atoms with E-state index in [1.54, 1.807) is 6.07 Å². The van der Waals surface area contributed by atoms with Gasteiger partial charge in [0.25, 0.3) is 5.69 Å². The number of nitro groups is 1. The van der Waals surface area contributed by atoms with Gasteiger partial charge in [0, 0.05) is 17.1 Å². The standard InChI is InChI=1S/C19H13N3O4S3/c1-11-10-27-19(20-11)29-16-7-6-12(8-14(16)22(24)25)18(23)26-9-17-21-13-4-2-3-5-15(13)28-17/h2-8,10H,9H2,1H3. The molecule has 4 rings (SSSR count). The van der Waals surface area contributed by atoms with E-state index in [1.165, 1.54) is 46.6 Å². The van der Waals surface area contributed by atoms with E-state index in [0.717, 1.165) is 15.9 Å². The number of carbonyl (C=O) groups is 1. The van der Waals surface area contributed by atoms with Crippen LogP contribution in [-0.2, 0) is 11.3 Å². The lowest BCUT2D eigenvalue weighted by atomic mass is 10.2. The van der Waals surface area contributed by atoms with Crippen molar-refractivity contribution in [2.24, 2.45) is 0 Å². The molecule has 0 N–H and O–H groups in total. The van der Waals surface area contributed by atoms with Crippen molar-refractivity contribution in [3.63, 3.8) is 0 Å². The van der Waals surface area contributed by atoms with Gasteiger partial charge in [-0.1, -0.05) is 23.9 Å². The lowest BCUT2D eigenvalue weighted by Gasteiger charge is -2.05. The molecule has 0 unspecified atom stereocenters. The molecule has 2 aromatic carbocycles. The van der Waals surface area contributed by atoms with Crippen molar-refractivity contribution in [1.29, 1.82) is 0 Å². The van der Waals surface area contributed by atoms with Crippen LogP contribution in [0.15, 0.2) is 57.1 Å². The van der Waals surface area contributed by atoms with Gasteiger partial charge in [-0.05, 0) is 31.2 Å². The first-order chi connectivity index (χ1) is 14.0. The number of rotatable bonds is 6. The Kier molecular flexibility index (Phi) is 5.56. The van der Waals surface area contributed by atoms with Crippen LogP contribution in [0.2, 0.25) is 0 Å². The Bertz CT molecular complexity index is 1190. The molecule has 10 heteroatoms. The smallest absolute Gasteiger partial charge is 0.338 e. The molecule has 146 valence electrons. The second kappa shape index (κ2) is 8.27. The van der Waals surface area contributed by atoms with Crippen molar-refractivity contribution in [3.8, 4) is 0 Å². The molecule has 0 aliphatic heterocycles.